The van der Waals surface area contributed by atoms with E-state index >= 15 is 0 Å². The third-order valence-electron chi connectivity index (χ3n) is 5.46. The van der Waals surface area contributed by atoms with Crippen LogP contribution in [0.3, 0.4) is 0 Å². The molecule has 2 aliphatic rings. The van der Waals surface area contributed by atoms with Crippen LogP contribution in [-0.4, -0.2) is 18.9 Å². The predicted molar refractivity (Wildman–Crippen MR) is 105 cm³/mol. The van der Waals surface area contributed by atoms with E-state index in [9.17, 15) is 18.4 Å². The van der Waals surface area contributed by atoms with Crippen molar-refractivity contribution in [2.24, 2.45) is 0 Å². The minimum absolute atomic E-state index is 0.0480. The lowest BCUT2D eigenvalue weighted by Gasteiger charge is -2.36. The maximum Gasteiger partial charge on any atom is 0.336 e. The summed E-state index contributed by atoms with van der Waals surface area (Å²) in [5, 5.41) is 5.18. The van der Waals surface area contributed by atoms with E-state index in [4.69, 9.17) is 4.74 Å². The number of Topliss-reactive ketones (excluding diaryl/α,β-unsaturated/α-hetero) is 1. The quantitative estimate of drug-likeness (QED) is 0.747. The number of carbonyl (C=O) groups excluding carboxylic acids is 2. The van der Waals surface area contributed by atoms with Crippen LogP contribution in [0, 0.1) is 11.6 Å². The first-order valence-corrected chi connectivity index (χ1v) is 10.1. The van der Waals surface area contributed by atoms with E-state index < -0.39 is 23.5 Å². The smallest absolute Gasteiger partial charge is 0.336 e. The zero-order chi connectivity index (χ0) is 20.7. The summed E-state index contributed by atoms with van der Waals surface area (Å²) in [5.41, 5.74) is 2.28. The number of dihydropyridines is 1. The maximum atomic E-state index is 14.0. The van der Waals surface area contributed by atoms with Gasteiger partial charge in [-0.05, 0) is 42.5 Å². The number of methoxy groups -OCH3 is 1. The second-order valence-corrected chi connectivity index (χ2v) is 8.18. The largest absolute Gasteiger partial charge is 0.466 e. The van der Waals surface area contributed by atoms with E-state index in [0.29, 0.717) is 29.7 Å². The van der Waals surface area contributed by atoms with Crippen molar-refractivity contribution in [1.82, 2.24) is 5.32 Å². The monoisotopic (exact) mass is 415 g/mol. The molecule has 2 atom stereocenters. The molecule has 2 heterocycles. The highest BCUT2D eigenvalue weighted by molar-refractivity contribution is 7.10. The number of ketones is 1. The highest BCUT2D eigenvalue weighted by Gasteiger charge is 2.41. The summed E-state index contributed by atoms with van der Waals surface area (Å²) < 4.78 is 32.4. The summed E-state index contributed by atoms with van der Waals surface area (Å²) in [7, 11) is 1.25. The number of nitrogens with one attached hydrogen (secondary N) is 1. The lowest BCUT2D eigenvalue weighted by atomic mass is 9.72. The molecule has 0 radical (unpaired) electrons. The first kappa shape index (κ1) is 19.5. The molecule has 2 unspecified atom stereocenters. The minimum atomic E-state index is -1.02. The summed E-state index contributed by atoms with van der Waals surface area (Å²) in [4.78, 5) is 26.8. The van der Waals surface area contributed by atoms with Gasteiger partial charge in [0, 0.05) is 40.1 Å². The van der Waals surface area contributed by atoms with Gasteiger partial charge in [0.15, 0.2) is 17.4 Å². The molecule has 7 heteroatoms. The first-order chi connectivity index (χ1) is 13.9. The van der Waals surface area contributed by atoms with Crippen molar-refractivity contribution in [3.05, 3.63) is 80.3 Å². The number of hydrogen-bond acceptors (Lipinski definition) is 5. The standard InChI is InChI=1S/C22H19F2NO3S/c1-11-19(22(27)28-2)20(12-5-6-14(23)15(24)8-12)21-16(25-11)9-13(10-17(21)26)18-4-3-7-29-18/h3-8,13,20,25H,9-10H2,1-2H3. The highest BCUT2D eigenvalue weighted by atomic mass is 32.1. The minimum Gasteiger partial charge on any atom is -0.466 e. The van der Waals surface area contributed by atoms with E-state index in [2.05, 4.69) is 5.32 Å². The highest BCUT2D eigenvalue weighted by Crippen LogP contribution is 2.46. The number of halogens is 2. The Balaban J connectivity index is 1.84. The van der Waals surface area contributed by atoms with E-state index in [1.807, 2.05) is 17.5 Å². The summed E-state index contributed by atoms with van der Waals surface area (Å²) in [6.07, 6.45) is 0.905. The van der Waals surface area contributed by atoms with Crippen molar-refractivity contribution < 1.29 is 23.1 Å². The molecule has 0 spiro atoms. The Hall–Kier alpha value is -2.80. The van der Waals surface area contributed by atoms with Gasteiger partial charge in [-0.2, -0.15) is 0 Å². The second kappa shape index (κ2) is 7.55. The number of rotatable bonds is 3. The van der Waals surface area contributed by atoms with Crippen molar-refractivity contribution in [2.45, 2.75) is 31.6 Å². The Kier molecular flexibility index (Phi) is 5.08. The SMILES string of the molecule is COC(=O)C1=C(C)NC2=C(C(=O)CC(c3cccs3)C2)C1c1ccc(F)c(F)c1. The number of allylic oxidation sites excluding steroid dienone is 3. The van der Waals surface area contributed by atoms with Crippen molar-refractivity contribution in [1.29, 1.82) is 0 Å². The molecule has 0 bridgehead atoms. The van der Waals surface area contributed by atoms with Gasteiger partial charge < -0.3 is 10.1 Å². The van der Waals surface area contributed by atoms with Crippen LogP contribution >= 0.6 is 11.3 Å². The van der Waals surface area contributed by atoms with E-state index in [1.54, 1.807) is 18.3 Å². The van der Waals surface area contributed by atoms with Gasteiger partial charge in [0.25, 0.3) is 0 Å². The first-order valence-electron chi connectivity index (χ1n) is 9.21. The van der Waals surface area contributed by atoms with Crippen molar-refractivity contribution in [3.63, 3.8) is 0 Å². The third-order valence-corrected chi connectivity index (χ3v) is 6.49. The molecule has 4 nitrogen and oxygen atoms in total. The van der Waals surface area contributed by atoms with Gasteiger partial charge in [-0.1, -0.05) is 12.1 Å². The van der Waals surface area contributed by atoms with Crippen molar-refractivity contribution >= 4 is 23.1 Å². The van der Waals surface area contributed by atoms with Crippen LogP contribution in [0.15, 0.2) is 58.3 Å². The van der Waals surface area contributed by atoms with Crippen LogP contribution in [0.5, 0.6) is 0 Å². The summed E-state index contributed by atoms with van der Waals surface area (Å²) >= 11 is 1.60. The van der Waals surface area contributed by atoms with E-state index in [0.717, 1.165) is 22.7 Å². The molecular weight excluding hydrogens is 396 g/mol. The summed E-state index contributed by atoms with van der Waals surface area (Å²) in [6.45, 7) is 1.72. The number of hydrogen-bond donors (Lipinski definition) is 1. The van der Waals surface area contributed by atoms with E-state index in [-0.39, 0.29) is 17.3 Å². The molecule has 150 valence electrons. The Bertz CT molecular complexity index is 1060. The maximum absolute atomic E-state index is 14.0. The van der Waals surface area contributed by atoms with Gasteiger partial charge in [0.1, 0.15) is 0 Å². The van der Waals surface area contributed by atoms with Gasteiger partial charge in [0.2, 0.25) is 0 Å². The Labute approximate surface area is 170 Å². The molecule has 0 fully saturated rings. The molecule has 1 aromatic heterocycles. The number of thiophene rings is 1. The molecule has 1 aliphatic heterocycles. The lowest BCUT2D eigenvalue weighted by Crippen LogP contribution is -2.35. The van der Waals surface area contributed by atoms with Crippen LogP contribution in [0.25, 0.3) is 0 Å². The fraction of sp³-hybridized carbons (Fsp3) is 0.273. The number of ether oxygens (including phenoxy) is 1. The molecule has 0 amide bonds. The van der Waals surface area contributed by atoms with E-state index in [1.165, 1.54) is 13.2 Å². The lowest BCUT2D eigenvalue weighted by molar-refractivity contribution is -0.136. The van der Waals surface area contributed by atoms with Crippen LogP contribution < -0.4 is 5.32 Å². The van der Waals surface area contributed by atoms with Gasteiger partial charge in [-0.3, -0.25) is 4.79 Å². The molecular formula is C22H19F2NO3S. The molecule has 0 saturated heterocycles. The number of carbonyl (C=O) groups is 2. The zero-order valence-corrected chi connectivity index (χ0v) is 16.7. The Morgan fingerprint density at radius 1 is 1.21 bits per heavy atom. The van der Waals surface area contributed by atoms with Crippen LogP contribution in [0.4, 0.5) is 8.78 Å². The number of benzene rings is 1. The van der Waals surface area contributed by atoms with Gasteiger partial charge in [-0.25, -0.2) is 13.6 Å². The van der Waals surface area contributed by atoms with Gasteiger partial charge >= 0.3 is 5.97 Å². The third kappa shape index (κ3) is 3.40. The van der Waals surface area contributed by atoms with Crippen LogP contribution in [0.1, 0.15) is 42.0 Å². The van der Waals surface area contributed by atoms with Crippen LogP contribution in [-0.2, 0) is 14.3 Å². The zero-order valence-electron chi connectivity index (χ0n) is 15.9. The average molecular weight is 415 g/mol. The van der Waals surface area contributed by atoms with Gasteiger partial charge in [-0.15, -0.1) is 11.3 Å². The molecule has 1 aromatic carbocycles. The predicted octanol–water partition coefficient (Wildman–Crippen LogP) is 4.56. The molecule has 0 saturated carbocycles. The Morgan fingerprint density at radius 3 is 2.66 bits per heavy atom. The molecule has 1 N–H and O–H groups in total. The van der Waals surface area contributed by atoms with Crippen LogP contribution in [0.2, 0.25) is 0 Å². The van der Waals surface area contributed by atoms with Gasteiger partial charge in [0.05, 0.1) is 12.7 Å². The topological polar surface area (TPSA) is 55.4 Å². The summed E-state index contributed by atoms with van der Waals surface area (Å²) in [6, 6.07) is 7.43. The fourth-order valence-electron chi connectivity index (χ4n) is 4.17. The van der Waals surface area contributed by atoms with Crippen molar-refractivity contribution in [2.75, 3.05) is 7.11 Å². The summed E-state index contributed by atoms with van der Waals surface area (Å²) in [5.74, 6) is -3.47. The molecule has 4 rings (SSSR count). The second-order valence-electron chi connectivity index (χ2n) is 7.20. The average Bonchev–Trinajstić information content (AvgIpc) is 3.23. The fourth-order valence-corrected chi connectivity index (χ4v) is 5.00. The molecule has 1 aliphatic carbocycles. The number of esters is 1. The molecule has 2 aromatic rings. The normalized spacial score (nSPS) is 21.7. The Morgan fingerprint density at radius 2 is 2.00 bits per heavy atom. The van der Waals surface area contributed by atoms with Crippen molar-refractivity contribution in [3.8, 4) is 0 Å². The molecule has 29 heavy (non-hydrogen) atoms.